The van der Waals surface area contributed by atoms with E-state index in [2.05, 4.69) is 33.6 Å². The van der Waals surface area contributed by atoms with E-state index in [1.54, 1.807) is 36.3 Å². The van der Waals surface area contributed by atoms with Crippen molar-refractivity contribution in [3.63, 3.8) is 0 Å². The van der Waals surface area contributed by atoms with Gasteiger partial charge in [0.2, 0.25) is 0 Å². The zero-order valence-corrected chi connectivity index (χ0v) is 25.2. The lowest BCUT2D eigenvalue weighted by atomic mass is 9.97. The van der Waals surface area contributed by atoms with Gasteiger partial charge in [0.1, 0.15) is 5.82 Å². The molecule has 1 aromatic heterocycles. The minimum Gasteiger partial charge on any atom is -0.383 e. The molecule has 0 aliphatic carbocycles. The number of Topliss-reactive ketones (excluding diaryl/α,β-unsaturated/α-hetero) is 1. The summed E-state index contributed by atoms with van der Waals surface area (Å²) in [6.07, 6.45) is 9.24. The highest BCUT2D eigenvalue weighted by molar-refractivity contribution is 7.98. The number of thioether (sulfide) groups is 1. The summed E-state index contributed by atoms with van der Waals surface area (Å²) in [6.45, 7) is 1.62. The maximum atomic E-state index is 13.7. The standard InChI is InChI=1S/C32H39FN4O2S2/c1-41-16-14-30(31(38)13-7-23-3-2-15-34-19-23)37-32(39)29-18-26(35-20-27-17-28(40)21-36-27)12-9-24(29)8-4-22-5-10-25(33)11-6-22/h2-3,5-6,9-12,15,18-19,27-28,30,35-36,40H,4,7-8,13-14,16-17,20-21H2,1H3,(H,37,39)/t27-,28-,30-/m0/s1. The molecular formula is C32H39FN4O2S2. The second-order valence-corrected chi connectivity index (χ2v) is 12.2. The van der Waals surface area contributed by atoms with E-state index in [1.165, 1.54) is 12.1 Å². The Morgan fingerprint density at radius 3 is 2.66 bits per heavy atom. The summed E-state index contributed by atoms with van der Waals surface area (Å²) < 4.78 is 13.4. The van der Waals surface area contributed by atoms with Gasteiger partial charge < -0.3 is 16.0 Å². The van der Waals surface area contributed by atoms with E-state index in [0.717, 1.165) is 47.6 Å². The fraction of sp³-hybridized carbons (Fsp3) is 0.406. The first-order valence-electron chi connectivity index (χ1n) is 14.2. The minimum absolute atomic E-state index is 0.0204. The number of halogens is 1. The van der Waals surface area contributed by atoms with Crippen LogP contribution in [0.2, 0.25) is 0 Å². The highest BCUT2D eigenvalue weighted by Crippen LogP contribution is 2.21. The van der Waals surface area contributed by atoms with Crippen molar-refractivity contribution in [1.82, 2.24) is 15.6 Å². The summed E-state index contributed by atoms with van der Waals surface area (Å²) in [5.74, 6) is 0.267. The van der Waals surface area contributed by atoms with Crippen molar-refractivity contribution in [2.24, 2.45) is 0 Å². The smallest absolute Gasteiger partial charge is 0.252 e. The first kappa shape index (κ1) is 31.1. The first-order valence-corrected chi connectivity index (χ1v) is 16.1. The molecule has 218 valence electrons. The van der Waals surface area contributed by atoms with Crippen molar-refractivity contribution >= 4 is 41.8 Å². The molecule has 2 heterocycles. The highest BCUT2D eigenvalue weighted by atomic mass is 32.2. The molecule has 3 aromatic rings. The average Bonchev–Trinajstić information content (AvgIpc) is 3.42. The van der Waals surface area contributed by atoms with Crippen molar-refractivity contribution in [2.45, 2.75) is 55.9 Å². The zero-order valence-electron chi connectivity index (χ0n) is 23.4. The van der Waals surface area contributed by atoms with Gasteiger partial charge in [-0.1, -0.05) is 24.3 Å². The van der Waals surface area contributed by atoms with E-state index in [1.807, 2.05) is 36.6 Å². The lowest BCUT2D eigenvalue weighted by Gasteiger charge is -2.20. The van der Waals surface area contributed by atoms with Gasteiger partial charge >= 0.3 is 0 Å². The number of pyridine rings is 1. The van der Waals surface area contributed by atoms with Crippen LogP contribution in [0.25, 0.3) is 0 Å². The number of amides is 1. The molecule has 3 atom stereocenters. The predicted octanol–water partition coefficient (Wildman–Crippen LogP) is 5.13. The number of ketones is 1. The van der Waals surface area contributed by atoms with E-state index < -0.39 is 6.04 Å². The van der Waals surface area contributed by atoms with E-state index in [-0.39, 0.29) is 17.5 Å². The van der Waals surface area contributed by atoms with Gasteiger partial charge in [0.25, 0.3) is 5.91 Å². The quantitative estimate of drug-likeness (QED) is 0.183. The molecule has 2 aromatic carbocycles. The van der Waals surface area contributed by atoms with E-state index in [4.69, 9.17) is 0 Å². The molecule has 1 saturated heterocycles. The van der Waals surface area contributed by atoms with Gasteiger partial charge in [-0.25, -0.2) is 4.39 Å². The molecule has 4 rings (SSSR count). The van der Waals surface area contributed by atoms with E-state index in [9.17, 15) is 14.0 Å². The van der Waals surface area contributed by atoms with E-state index >= 15 is 0 Å². The van der Waals surface area contributed by atoms with Crippen LogP contribution in [-0.4, -0.2) is 59.1 Å². The van der Waals surface area contributed by atoms with Crippen LogP contribution in [-0.2, 0) is 24.1 Å². The molecule has 3 N–H and O–H groups in total. The number of hydrogen-bond acceptors (Lipinski definition) is 7. The normalized spacial score (nSPS) is 17.2. The number of nitrogens with one attached hydrogen (secondary N) is 3. The van der Waals surface area contributed by atoms with Crippen molar-refractivity contribution in [3.05, 3.63) is 95.1 Å². The van der Waals surface area contributed by atoms with Crippen LogP contribution in [0.1, 0.15) is 46.3 Å². The van der Waals surface area contributed by atoms with Gasteiger partial charge in [-0.05, 0) is 91.1 Å². The van der Waals surface area contributed by atoms with Gasteiger partial charge in [0, 0.05) is 54.4 Å². The Morgan fingerprint density at radius 2 is 1.95 bits per heavy atom. The molecule has 0 radical (unpaired) electrons. The van der Waals surface area contributed by atoms with Gasteiger partial charge in [0.05, 0.1) is 6.04 Å². The zero-order chi connectivity index (χ0) is 29.0. The monoisotopic (exact) mass is 594 g/mol. The summed E-state index contributed by atoms with van der Waals surface area (Å²) in [5.41, 5.74) is 4.29. The number of carbonyl (C=O) groups excluding carboxylic acids is 2. The molecule has 1 amide bonds. The van der Waals surface area contributed by atoms with Crippen LogP contribution in [0, 0.1) is 5.82 Å². The van der Waals surface area contributed by atoms with Gasteiger partial charge in [-0.2, -0.15) is 24.4 Å². The van der Waals surface area contributed by atoms with Gasteiger partial charge in [-0.3, -0.25) is 14.6 Å². The fourth-order valence-electron chi connectivity index (χ4n) is 5.01. The van der Waals surface area contributed by atoms with Crippen molar-refractivity contribution < 1.29 is 14.0 Å². The number of benzene rings is 2. The number of rotatable bonds is 15. The fourth-order valence-corrected chi connectivity index (χ4v) is 5.84. The van der Waals surface area contributed by atoms with E-state index in [0.29, 0.717) is 49.0 Å². The van der Waals surface area contributed by atoms with Crippen LogP contribution < -0.4 is 16.0 Å². The van der Waals surface area contributed by atoms with Crippen molar-refractivity contribution in [2.75, 3.05) is 30.4 Å². The molecular weight excluding hydrogens is 556 g/mol. The highest BCUT2D eigenvalue weighted by Gasteiger charge is 2.24. The van der Waals surface area contributed by atoms with Crippen LogP contribution in [0.3, 0.4) is 0 Å². The Kier molecular flexibility index (Phi) is 12.1. The van der Waals surface area contributed by atoms with Crippen molar-refractivity contribution in [3.8, 4) is 0 Å². The third-order valence-electron chi connectivity index (χ3n) is 7.39. The molecule has 1 aliphatic heterocycles. The minimum atomic E-state index is -0.566. The summed E-state index contributed by atoms with van der Waals surface area (Å²) >= 11 is 6.21. The molecule has 0 bridgehead atoms. The maximum absolute atomic E-state index is 13.7. The number of aromatic nitrogens is 1. The molecule has 0 unspecified atom stereocenters. The first-order chi connectivity index (χ1) is 19.9. The molecule has 1 aliphatic rings. The molecule has 41 heavy (non-hydrogen) atoms. The number of anilines is 1. The largest absolute Gasteiger partial charge is 0.383 e. The Hall–Kier alpha value is -2.88. The van der Waals surface area contributed by atoms with Crippen LogP contribution in [0.5, 0.6) is 0 Å². The predicted molar refractivity (Wildman–Crippen MR) is 170 cm³/mol. The molecule has 1 fully saturated rings. The Balaban J connectivity index is 1.49. The third kappa shape index (κ3) is 9.87. The second kappa shape index (κ2) is 15.9. The van der Waals surface area contributed by atoms with Crippen LogP contribution in [0.4, 0.5) is 10.1 Å². The average molecular weight is 595 g/mol. The number of carbonyl (C=O) groups is 2. The van der Waals surface area contributed by atoms with Crippen LogP contribution in [0.15, 0.2) is 67.0 Å². The maximum Gasteiger partial charge on any atom is 0.252 e. The van der Waals surface area contributed by atoms with Crippen LogP contribution >= 0.6 is 24.4 Å². The number of hydrogen-bond donors (Lipinski definition) is 4. The summed E-state index contributed by atoms with van der Waals surface area (Å²) in [6, 6.07) is 15.9. The van der Waals surface area contributed by atoms with Crippen molar-refractivity contribution in [1.29, 1.82) is 0 Å². The Morgan fingerprint density at radius 1 is 1.12 bits per heavy atom. The Bertz CT molecular complexity index is 1280. The lowest BCUT2D eigenvalue weighted by Crippen LogP contribution is -2.41. The second-order valence-electron chi connectivity index (χ2n) is 10.5. The molecule has 6 nitrogen and oxygen atoms in total. The van der Waals surface area contributed by atoms with Gasteiger partial charge in [-0.15, -0.1) is 0 Å². The summed E-state index contributed by atoms with van der Waals surface area (Å²) in [5, 5.41) is 10.3. The molecule has 9 heteroatoms. The topological polar surface area (TPSA) is 83.1 Å². The number of aryl methyl sites for hydroxylation is 3. The Labute approximate surface area is 252 Å². The molecule has 0 saturated carbocycles. The summed E-state index contributed by atoms with van der Waals surface area (Å²) in [4.78, 5) is 31.1. The lowest BCUT2D eigenvalue weighted by molar-refractivity contribution is -0.120. The third-order valence-corrected chi connectivity index (χ3v) is 8.43. The SMILES string of the molecule is CSCC[C@H](NC(=O)c1cc(NC[C@@H]2C[C@H](S)CN2)ccc1CCc1ccc(F)cc1)C(=O)CCc1cccnc1. The van der Waals surface area contributed by atoms with Gasteiger partial charge in [0.15, 0.2) is 5.78 Å². The number of thiol groups is 1. The molecule has 0 spiro atoms. The summed E-state index contributed by atoms with van der Waals surface area (Å²) in [7, 11) is 0. The number of nitrogens with zero attached hydrogens (tertiary/aromatic N) is 1.